The van der Waals surface area contributed by atoms with Crippen molar-refractivity contribution in [1.82, 2.24) is 16.1 Å². The minimum Gasteiger partial charge on any atom is -0.442 e. The number of rotatable bonds is 9. The van der Waals surface area contributed by atoms with Gasteiger partial charge in [0.1, 0.15) is 11.9 Å². The summed E-state index contributed by atoms with van der Waals surface area (Å²) in [5.74, 6) is -1.96. The topological polar surface area (TPSA) is 107 Å². The lowest BCUT2D eigenvalue weighted by Gasteiger charge is -2.15. The lowest BCUT2D eigenvalue weighted by atomic mass is 10.0. The van der Waals surface area contributed by atoms with Crippen molar-refractivity contribution in [3.63, 3.8) is 0 Å². The summed E-state index contributed by atoms with van der Waals surface area (Å²) in [6.45, 7) is 1.77. The number of cyclic esters (lactones) is 1. The molecule has 1 fully saturated rings. The first-order chi connectivity index (χ1) is 16.4. The molecular formula is C22H23F3N6O3. The minimum absolute atomic E-state index is 0.00139. The maximum absolute atomic E-state index is 14.9. The predicted molar refractivity (Wildman–Crippen MR) is 117 cm³/mol. The van der Waals surface area contributed by atoms with Gasteiger partial charge in [-0.1, -0.05) is 29.5 Å². The van der Waals surface area contributed by atoms with Gasteiger partial charge in [0.05, 0.1) is 31.4 Å². The summed E-state index contributed by atoms with van der Waals surface area (Å²) in [6.07, 6.45) is -4.70. The van der Waals surface area contributed by atoms with Gasteiger partial charge in [0.25, 0.3) is 5.91 Å². The van der Waals surface area contributed by atoms with Crippen LogP contribution in [-0.2, 0) is 16.1 Å². The van der Waals surface area contributed by atoms with Crippen molar-refractivity contribution in [2.45, 2.75) is 25.1 Å². The van der Waals surface area contributed by atoms with E-state index < -0.39 is 30.3 Å². The van der Waals surface area contributed by atoms with Crippen LogP contribution >= 0.6 is 0 Å². The fourth-order valence-corrected chi connectivity index (χ4v) is 3.64. The number of alkyl halides is 2. The number of amides is 2. The van der Waals surface area contributed by atoms with Crippen molar-refractivity contribution >= 4 is 17.7 Å². The van der Waals surface area contributed by atoms with Crippen molar-refractivity contribution in [1.29, 1.82) is 0 Å². The number of benzene rings is 2. The Bertz CT molecular complexity index is 1060. The number of nitrogens with zero attached hydrogens (tertiary/aromatic N) is 3. The molecule has 0 aliphatic carbocycles. The lowest BCUT2D eigenvalue weighted by molar-refractivity contribution is -0.132. The first kappa shape index (κ1) is 23.5. The largest absolute Gasteiger partial charge is 0.442 e. The van der Waals surface area contributed by atoms with Crippen molar-refractivity contribution < 1.29 is 27.5 Å². The van der Waals surface area contributed by atoms with Crippen molar-refractivity contribution in [3.8, 4) is 11.1 Å². The molecular weight excluding hydrogens is 453 g/mol. The molecule has 12 heteroatoms. The molecule has 180 valence electrons. The molecule has 9 nitrogen and oxygen atoms in total. The number of ether oxygens (including phenoxy) is 1. The van der Waals surface area contributed by atoms with Crippen LogP contribution in [0, 0.1) is 5.82 Å². The van der Waals surface area contributed by atoms with Crippen LogP contribution in [0.2, 0.25) is 0 Å². The molecule has 34 heavy (non-hydrogen) atoms. The number of hydrogen-bond acceptors (Lipinski definition) is 7. The standard InChI is InChI=1S/C22H23F3N6O3/c23-19-7-16(31-12-17(34-22(31)33)11-27-21(32)20(24)25)5-6-18(19)14-3-1-13(2-4-14)8-26-9-15-10-28-30-29-15/h1-7,15,17,20,26H,8-12H2,(H,27,32)(H,28,29)/t15?,17-/m0/s1. The number of nitrogens with one attached hydrogen (secondary N) is 3. The van der Waals surface area contributed by atoms with E-state index >= 15 is 0 Å². The fraction of sp³-hybridized carbons (Fsp3) is 0.364. The second kappa shape index (κ2) is 10.5. The number of hydrogen-bond donors (Lipinski definition) is 3. The molecule has 2 aromatic rings. The molecule has 1 unspecified atom stereocenters. The van der Waals surface area contributed by atoms with Crippen LogP contribution in [0.5, 0.6) is 0 Å². The average molecular weight is 476 g/mol. The third-order valence-electron chi connectivity index (χ3n) is 5.44. The molecule has 0 radical (unpaired) electrons. The van der Waals surface area contributed by atoms with E-state index in [-0.39, 0.29) is 24.8 Å². The second-order valence-corrected chi connectivity index (χ2v) is 7.90. The zero-order chi connectivity index (χ0) is 24.1. The lowest BCUT2D eigenvalue weighted by Crippen LogP contribution is -2.37. The smallest absolute Gasteiger partial charge is 0.414 e. The van der Waals surface area contributed by atoms with Gasteiger partial charge >= 0.3 is 12.5 Å². The van der Waals surface area contributed by atoms with E-state index in [9.17, 15) is 22.8 Å². The Morgan fingerprint density at radius 3 is 2.68 bits per heavy atom. The number of carbonyl (C=O) groups is 2. The van der Waals surface area contributed by atoms with E-state index in [2.05, 4.69) is 21.1 Å². The number of halogens is 3. The van der Waals surface area contributed by atoms with Crippen LogP contribution in [0.4, 0.5) is 23.7 Å². The average Bonchev–Trinajstić information content (AvgIpc) is 3.47. The summed E-state index contributed by atoms with van der Waals surface area (Å²) >= 11 is 0. The van der Waals surface area contributed by atoms with Gasteiger partial charge in [0.15, 0.2) is 0 Å². The molecule has 4 rings (SSSR count). The molecule has 0 spiro atoms. The maximum atomic E-state index is 14.9. The monoisotopic (exact) mass is 476 g/mol. The molecule has 2 amide bonds. The zero-order valence-electron chi connectivity index (χ0n) is 18.0. The first-order valence-electron chi connectivity index (χ1n) is 10.7. The van der Waals surface area contributed by atoms with E-state index in [0.717, 1.165) is 12.1 Å². The van der Waals surface area contributed by atoms with Gasteiger partial charge in [-0.2, -0.15) is 13.9 Å². The van der Waals surface area contributed by atoms with Gasteiger partial charge in [-0.25, -0.2) is 9.18 Å². The second-order valence-electron chi connectivity index (χ2n) is 7.90. The summed E-state index contributed by atoms with van der Waals surface area (Å²) < 4.78 is 44.5. The van der Waals surface area contributed by atoms with E-state index in [1.807, 2.05) is 29.6 Å². The quantitative estimate of drug-likeness (QED) is 0.516. The van der Waals surface area contributed by atoms with E-state index in [1.54, 1.807) is 12.1 Å². The zero-order valence-corrected chi connectivity index (χ0v) is 18.0. The van der Waals surface area contributed by atoms with Crippen LogP contribution in [0.15, 0.2) is 52.8 Å². The maximum Gasteiger partial charge on any atom is 0.414 e. The molecule has 2 atom stereocenters. The highest BCUT2D eigenvalue weighted by atomic mass is 19.3. The molecule has 3 N–H and O–H groups in total. The number of anilines is 1. The molecule has 0 saturated carbocycles. The van der Waals surface area contributed by atoms with Crippen LogP contribution < -0.4 is 21.0 Å². The summed E-state index contributed by atoms with van der Waals surface area (Å²) in [5.41, 5.74) is 5.26. The highest BCUT2D eigenvalue weighted by Crippen LogP contribution is 2.29. The van der Waals surface area contributed by atoms with Crippen LogP contribution in [0.25, 0.3) is 11.1 Å². The van der Waals surface area contributed by atoms with Crippen molar-refractivity contribution in [3.05, 3.63) is 53.8 Å². The van der Waals surface area contributed by atoms with Crippen LogP contribution in [-0.4, -0.2) is 56.8 Å². The third kappa shape index (κ3) is 5.63. The Balaban J connectivity index is 1.34. The SMILES string of the molecule is O=C(NC[C@H]1CN(c2ccc(-c3ccc(CNCC4CN=NN4)cc3)c(F)c2)C(=O)O1)C(F)F. The van der Waals surface area contributed by atoms with Gasteiger partial charge in [-0.3, -0.25) is 15.1 Å². The van der Waals surface area contributed by atoms with Crippen LogP contribution in [0.1, 0.15) is 5.56 Å². The summed E-state index contributed by atoms with van der Waals surface area (Å²) in [6, 6.07) is 12.0. The molecule has 2 heterocycles. The molecule has 0 bridgehead atoms. The summed E-state index contributed by atoms with van der Waals surface area (Å²) in [5, 5.41) is 12.9. The fourth-order valence-electron chi connectivity index (χ4n) is 3.64. The minimum atomic E-state index is -3.15. The number of carbonyl (C=O) groups excluding carboxylic acids is 2. The van der Waals surface area contributed by atoms with E-state index in [4.69, 9.17) is 4.74 Å². The van der Waals surface area contributed by atoms with E-state index in [1.165, 1.54) is 11.0 Å². The van der Waals surface area contributed by atoms with Crippen LogP contribution in [0.3, 0.4) is 0 Å². The van der Waals surface area contributed by atoms with Crippen molar-refractivity contribution in [2.75, 3.05) is 31.1 Å². The Hall–Kier alpha value is -3.67. The van der Waals surface area contributed by atoms with Gasteiger partial charge in [-0.15, -0.1) is 0 Å². The van der Waals surface area contributed by atoms with Crippen molar-refractivity contribution in [2.24, 2.45) is 10.3 Å². The third-order valence-corrected chi connectivity index (χ3v) is 5.44. The van der Waals surface area contributed by atoms with Gasteiger partial charge in [0, 0.05) is 18.7 Å². The molecule has 2 aliphatic heterocycles. The van der Waals surface area contributed by atoms with E-state index in [0.29, 0.717) is 24.2 Å². The Morgan fingerprint density at radius 1 is 1.21 bits per heavy atom. The molecule has 2 aromatic carbocycles. The Labute approximate surface area is 193 Å². The molecule has 1 saturated heterocycles. The first-order valence-corrected chi connectivity index (χ1v) is 10.7. The molecule has 0 aromatic heterocycles. The van der Waals surface area contributed by atoms with Gasteiger partial charge < -0.3 is 15.4 Å². The summed E-state index contributed by atoms with van der Waals surface area (Å²) in [4.78, 5) is 24.3. The Morgan fingerprint density at radius 2 is 2.00 bits per heavy atom. The summed E-state index contributed by atoms with van der Waals surface area (Å²) in [7, 11) is 0. The molecule has 2 aliphatic rings. The normalized spacial score (nSPS) is 19.4. The van der Waals surface area contributed by atoms with Gasteiger partial charge in [0.2, 0.25) is 0 Å². The predicted octanol–water partition coefficient (Wildman–Crippen LogP) is 2.63. The highest BCUT2D eigenvalue weighted by Gasteiger charge is 2.33. The van der Waals surface area contributed by atoms with Gasteiger partial charge in [-0.05, 0) is 29.3 Å². The Kier molecular flexibility index (Phi) is 7.26. The highest BCUT2D eigenvalue weighted by molar-refractivity contribution is 5.90.